The van der Waals surface area contributed by atoms with Crippen molar-refractivity contribution >= 4 is 27.5 Å². The lowest BCUT2D eigenvalue weighted by atomic mass is 10.0. The monoisotopic (exact) mass is 641 g/mol. The molecule has 2 amide bonds. The zero-order valence-corrected chi connectivity index (χ0v) is 27.6. The second-order valence-electron chi connectivity index (χ2n) is 11.0. The molecule has 8 nitrogen and oxygen atoms in total. The summed E-state index contributed by atoms with van der Waals surface area (Å²) >= 11 is 0. The first kappa shape index (κ1) is 34.2. The van der Waals surface area contributed by atoms with Crippen LogP contribution in [0, 0.1) is 6.92 Å². The highest BCUT2D eigenvalue weighted by Crippen LogP contribution is 2.27. The first-order valence-electron chi connectivity index (χ1n) is 15.7. The number of rotatable bonds is 16. The molecular formula is C37H43N3O5S. The van der Waals surface area contributed by atoms with E-state index in [1.54, 1.807) is 42.5 Å². The molecule has 0 unspecified atom stereocenters. The third-order valence-corrected chi connectivity index (χ3v) is 9.54. The van der Waals surface area contributed by atoms with Crippen LogP contribution in [0.3, 0.4) is 0 Å². The van der Waals surface area contributed by atoms with Crippen molar-refractivity contribution in [3.63, 3.8) is 0 Å². The van der Waals surface area contributed by atoms with Crippen LogP contribution in [0.1, 0.15) is 43.4 Å². The summed E-state index contributed by atoms with van der Waals surface area (Å²) < 4.78 is 34.9. The molecule has 0 heterocycles. The highest BCUT2D eigenvalue weighted by molar-refractivity contribution is 7.92. The Bertz CT molecular complexity index is 1660. The summed E-state index contributed by atoms with van der Waals surface area (Å²) in [5.41, 5.74) is 3.03. The standard InChI is InChI=1S/C37H43N3O5S/c1-4-6-25-38-37(42)35(26-30-16-9-7-10-17-30)39(27-31-18-14-13-15-29(31)3)36(41)28-40(32-21-23-33(24-22-32)45-5-2)46(43,44)34-19-11-8-12-20-34/h7-24,35H,4-6,25-28H2,1-3H3,(H,38,42)/t35-/m0/s1. The van der Waals surface area contributed by atoms with E-state index in [-0.39, 0.29) is 23.8 Å². The van der Waals surface area contributed by atoms with Gasteiger partial charge in [-0.05, 0) is 73.4 Å². The molecule has 1 atom stereocenters. The first-order chi connectivity index (χ1) is 22.2. The molecule has 46 heavy (non-hydrogen) atoms. The van der Waals surface area contributed by atoms with E-state index < -0.39 is 28.5 Å². The van der Waals surface area contributed by atoms with Crippen molar-refractivity contribution < 1.29 is 22.7 Å². The molecule has 0 saturated carbocycles. The zero-order chi connectivity index (χ0) is 32.9. The Balaban J connectivity index is 1.79. The van der Waals surface area contributed by atoms with Crippen LogP contribution in [0.5, 0.6) is 5.75 Å². The predicted octanol–water partition coefficient (Wildman–Crippen LogP) is 6.15. The van der Waals surface area contributed by atoms with Crippen molar-refractivity contribution in [1.29, 1.82) is 0 Å². The summed E-state index contributed by atoms with van der Waals surface area (Å²) in [6, 6.07) is 31.0. The summed E-state index contributed by atoms with van der Waals surface area (Å²) in [7, 11) is -4.17. The number of carbonyl (C=O) groups excluding carboxylic acids is 2. The second-order valence-corrected chi connectivity index (χ2v) is 12.9. The topological polar surface area (TPSA) is 96.0 Å². The molecule has 0 saturated heterocycles. The van der Waals surface area contributed by atoms with Gasteiger partial charge < -0.3 is 15.0 Å². The molecule has 0 fully saturated rings. The van der Waals surface area contributed by atoms with Crippen LogP contribution in [0.2, 0.25) is 0 Å². The van der Waals surface area contributed by atoms with Gasteiger partial charge in [0.2, 0.25) is 11.8 Å². The molecule has 4 aromatic carbocycles. The van der Waals surface area contributed by atoms with Gasteiger partial charge >= 0.3 is 0 Å². The number of nitrogens with zero attached hydrogens (tertiary/aromatic N) is 2. The fraction of sp³-hybridized carbons (Fsp3) is 0.297. The van der Waals surface area contributed by atoms with Crippen LogP contribution in [0.4, 0.5) is 5.69 Å². The quantitative estimate of drug-likeness (QED) is 0.148. The van der Waals surface area contributed by atoms with Crippen molar-refractivity contribution in [3.05, 3.63) is 126 Å². The molecule has 9 heteroatoms. The van der Waals surface area contributed by atoms with Gasteiger partial charge in [0.25, 0.3) is 10.0 Å². The largest absolute Gasteiger partial charge is 0.494 e. The van der Waals surface area contributed by atoms with Gasteiger partial charge in [-0.3, -0.25) is 13.9 Å². The smallest absolute Gasteiger partial charge is 0.264 e. The molecular weight excluding hydrogens is 598 g/mol. The SMILES string of the molecule is CCCCNC(=O)[C@H](Cc1ccccc1)N(Cc1ccccc1C)C(=O)CN(c1ccc(OCC)cc1)S(=O)(=O)c1ccccc1. The molecule has 0 aliphatic heterocycles. The molecule has 1 N–H and O–H groups in total. The molecule has 4 aromatic rings. The summed E-state index contributed by atoms with van der Waals surface area (Å²) in [4.78, 5) is 30.0. The second kappa shape index (κ2) is 16.6. The van der Waals surface area contributed by atoms with Crippen LogP contribution < -0.4 is 14.4 Å². The average molecular weight is 642 g/mol. The maximum Gasteiger partial charge on any atom is 0.264 e. The predicted molar refractivity (Wildman–Crippen MR) is 182 cm³/mol. The molecule has 0 aliphatic carbocycles. The number of ether oxygens (including phenoxy) is 1. The Kier molecular flexibility index (Phi) is 12.4. The minimum atomic E-state index is -4.17. The first-order valence-corrected chi connectivity index (χ1v) is 17.1. The van der Waals surface area contributed by atoms with Crippen molar-refractivity contribution in [3.8, 4) is 5.75 Å². The molecule has 4 rings (SSSR count). The summed E-state index contributed by atoms with van der Waals surface area (Å²) in [5, 5.41) is 3.02. The zero-order valence-electron chi connectivity index (χ0n) is 26.8. The van der Waals surface area contributed by atoms with E-state index in [4.69, 9.17) is 4.74 Å². The number of amides is 2. The lowest BCUT2D eigenvalue weighted by molar-refractivity contribution is -0.140. The van der Waals surface area contributed by atoms with E-state index in [2.05, 4.69) is 5.32 Å². The van der Waals surface area contributed by atoms with Crippen molar-refractivity contribution in [2.24, 2.45) is 0 Å². The van der Waals surface area contributed by atoms with Crippen molar-refractivity contribution in [2.45, 2.75) is 57.5 Å². The van der Waals surface area contributed by atoms with E-state index in [1.165, 1.54) is 17.0 Å². The van der Waals surface area contributed by atoms with Gasteiger partial charge in [-0.15, -0.1) is 0 Å². The van der Waals surface area contributed by atoms with E-state index >= 15 is 0 Å². The number of nitrogens with one attached hydrogen (secondary N) is 1. The third-order valence-electron chi connectivity index (χ3n) is 7.75. The number of sulfonamides is 1. The van der Waals surface area contributed by atoms with Gasteiger partial charge in [0, 0.05) is 19.5 Å². The van der Waals surface area contributed by atoms with E-state index in [9.17, 15) is 18.0 Å². The lowest BCUT2D eigenvalue weighted by Gasteiger charge is -2.34. The van der Waals surface area contributed by atoms with Crippen LogP contribution in [0.15, 0.2) is 114 Å². The fourth-order valence-corrected chi connectivity index (χ4v) is 6.59. The molecule has 0 aliphatic rings. The summed E-state index contributed by atoms with van der Waals surface area (Å²) in [6.45, 7) is 6.43. The number of unbranched alkanes of at least 4 members (excludes halogenated alkanes) is 1. The highest BCUT2D eigenvalue weighted by Gasteiger charge is 2.34. The number of carbonyl (C=O) groups is 2. The Morgan fingerprint density at radius 2 is 1.46 bits per heavy atom. The molecule has 0 radical (unpaired) electrons. The summed E-state index contributed by atoms with van der Waals surface area (Å²) in [6.07, 6.45) is 1.98. The van der Waals surface area contributed by atoms with Gasteiger partial charge in [0.15, 0.2) is 0 Å². The van der Waals surface area contributed by atoms with Gasteiger partial charge in [-0.1, -0.05) is 86.1 Å². The molecule has 0 aromatic heterocycles. The minimum Gasteiger partial charge on any atom is -0.494 e. The van der Waals surface area contributed by atoms with Gasteiger partial charge in [-0.2, -0.15) is 0 Å². The van der Waals surface area contributed by atoms with Crippen LogP contribution >= 0.6 is 0 Å². The Morgan fingerprint density at radius 3 is 2.09 bits per heavy atom. The maximum absolute atomic E-state index is 14.6. The van der Waals surface area contributed by atoms with Gasteiger partial charge in [0.1, 0.15) is 18.3 Å². The lowest BCUT2D eigenvalue weighted by Crippen LogP contribution is -2.53. The minimum absolute atomic E-state index is 0.0558. The van der Waals surface area contributed by atoms with Gasteiger partial charge in [0.05, 0.1) is 17.2 Å². The Morgan fingerprint density at radius 1 is 0.826 bits per heavy atom. The van der Waals surface area contributed by atoms with Gasteiger partial charge in [-0.25, -0.2) is 8.42 Å². The van der Waals surface area contributed by atoms with Crippen molar-refractivity contribution in [1.82, 2.24) is 10.2 Å². The Labute approximate surface area is 273 Å². The summed E-state index contributed by atoms with van der Waals surface area (Å²) in [5.74, 6) is -0.191. The Hall–Kier alpha value is -4.63. The highest BCUT2D eigenvalue weighted by atomic mass is 32.2. The van der Waals surface area contributed by atoms with Crippen LogP contribution in [-0.4, -0.2) is 50.9 Å². The normalized spacial score (nSPS) is 11.8. The number of benzene rings is 4. The molecule has 0 bridgehead atoms. The number of aryl methyl sites for hydroxylation is 1. The average Bonchev–Trinajstić information content (AvgIpc) is 3.07. The maximum atomic E-state index is 14.6. The number of hydrogen-bond acceptors (Lipinski definition) is 5. The van der Waals surface area contributed by atoms with Crippen LogP contribution in [-0.2, 0) is 32.6 Å². The van der Waals surface area contributed by atoms with Crippen LogP contribution in [0.25, 0.3) is 0 Å². The fourth-order valence-electron chi connectivity index (χ4n) is 5.15. The molecule has 242 valence electrons. The number of hydrogen-bond donors (Lipinski definition) is 1. The van der Waals surface area contributed by atoms with E-state index in [0.717, 1.165) is 33.8 Å². The van der Waals surface area contributed by atoms with Crippen molar-refractivity contribution in [2.75, 3.05) is 24.0 Å². The number of anilines is 1. The van der Waals surface area contributed by atoms with E-state index in [0.29, 0.717) is 24.6 Å². The third kappa shape index (κ3) is 8.97. The molecule has 0 spiro atoms. The van der Waals surface area contributed by atoms with E-state index in [1.807, 2.05) is 75.4 Å².